The van der Waals surface area contributed by atoms with Crippen molar-refractivity contribution in [3.8, 4) is 6.07 Å². The number of hydrogen-bond donors (Lipinski definition) is 1. The van der Waals surface area contributed by atoms with E-state index in [1.165, 1.54) is 12.4 Å². The predicted octanol–water partition coefficient (Wildman–Crippen LogP) is 2.42. The van der Waals surface area contributed by atoms with E-state index in [-0.39, 0.29) is 5.69 Å². The molecule has 0 aliphatic rings. The average Bonchev–Trinajstić information content (AvgIpc) is 3.04. The average molecular weight is 338 g/mol. The van der Waals surface area contributed by atoms with Crippen molar-refractivity contribution >= 4 is 22.7 Å². The van der Waals surface area contributed by atoms with Gasteiger partial charge in [0.25, 0.3) is 0 Å². The van der Waals surface area contributed by atoms with E-state index in [1.807, 2.05) is 46.4 Å². The van der Waals surface area contributed by atoms with Crippen LogP contribution in [0, 0.1) is 11.3 Å². The van der Waals surface area contributed by atoms with Gasteiger partial charge >= 0.3 is 0 Å². The summed E-state index contributed by atoms with van der Waals surface area (Å²) in [6.45, 7) is 5.78. The summed E-state index contributed by atoms with van der Waals surface area (Å²) < 4.78 is 2.09. The second-order valence-electron chi connectivity index (χ2n) is 5.32. The summed E-state index contributed by atoms with van der Waals surface area (Å²) in [6.07, 6.45) is 6.47. The number of fused-ring (bicyclic) bond motifs is 1. The molecule has 0 spiro atoms. The van der Waals surface area contributed by atoms with Crippen LogP contribution in [0.5, 0.6) is 0 Å². The quantitative estimate of drug-likeness (QED) is 0.763. The Hall–Kier alpha value is -3.05. The molecule has 0 unspecified atom stereocenters. The molecule has 3 aromatic heterocycles. The minimum absolute atomic E-state index is 0.278. The summed E-state index contributed by atoms with van der Waals surface area (Å²) in [4.78, 5) is 18.9. The van der Waals surface area contributed by atoms with Crippen LogP contribution in [0.3, 0.4) is 0 Å². The van der Waals surface area contributed by atoms with E-state index in [0.29, 0.717) is 11.6 Å². The topological polar surface area (TPSA) is 95.5 Å². The molecule has 0 aromatic carbocycles. The molecule has 0 amide bonds. The van der Waals surface area contributed by atoms with E-state index in [4.69, 9.17) is 5.26 Å². The first-order valence-corrected chi connectivity index (χ1v) is 8.10. The van der Waals surface area contributed by atoms with Gasteiger partial charge in [0.05, 0.1) is 30.4 Å². The molecular formula is C17H22N8. The normalized spacial score (nSPS) is 10.2. The van der Waals surface area contributed by atoms with Gasteiger partial charge < -0.3 is 14.8 Å². The minimum Gasteiger partial charge on any atom is -0.329 e. The Labute approximate surface area is 147 Å². The molecule has 3 heterocycles. The third-order valence-electron chi connectivity index (χ3n) is 3.32. The molecule has 0 bridgehead atoms. The van der Waals surface area contributed by atoms with Crippen LogP contribution in [-0.4, -0.2) is 50.0 Å². The molecule has 1 N–H and O–H groups in total. The Kier molecular flexibility index (Phi) is 6.37. The molecule has 0 fully saturated rings. The van der Waals surface area contributed by atoms with E-state index in [0.717, 1.165) is 24.1 Å². The molecule has 0 aliphatic heterocycles. The van der Waals surface area contributed by atoms with E-state index in [9.17, 15) is 0 Å². The van der Waals surface area contributed by atoms with Crippen LogP contribution in [0.1, 0.15) is 19.5 Å². The standard InChI is InChI=1S/C15H16N8.C2H6/c1-22(2)3-4-23-10-20-12-8-19-14(5-13(12)23)21-15-9-17-11(6-16)7-18-15;1-2/h5,7-10H,3-4H2,1-2H3,(H,18,19,21);1-2H3. The van der Waals surface area contributed by atoms with Crippen LogP contribution < -0.4 is 5.32 Å². The van der Waals surface area contributed by atoms with Gasteiger partial charge in [0.1, 0.15) is 23.2 Å². The van der Waals surface area contributed by atoms with Crippen LogP contribution in [0.25, 0.3) is 11.0 Å². The van der Waals surface area contributed by atoms with Crippen molar-refractivity contribution in [1.82, 2.24) is 29.4 Å². The highest BCUT2D eigenvalue weighted by Gasteiger charge is 2.06. The second kappa shape index (κ2) is 8.70. The molecule has 3 aromatic rings. The molecular weight excluding hydrogens is 316 g/mol. The number of likely N-dealkylation sites (N-methyl/N-ethyl adjacent to an activating group) is 1. The number of aromatic nitrogens is 5. The van der Waals surface area contributed by atoms with Crippen molar-refractivity contribution in [3.63, 3.8) is 0 Å². The van der Waals surface area contributed by atoms with Gasteiger partial charge in [0, 0.05) is 19.2 Å². The van der Waals surface area contributed by atoms with Gasteiger partial charge in [-0.25, -0.2) is 19.9 Å². The van der Waals surface area contributed by atoms with Crippen LogP contribution in [-0.2, 0) is 6.54 Å². The lowest BCUT2D eigenvalue weighted by Gasteiger charge is -2.11. The largest absolute Gasteiger partial charge is 0.329 e. The van der Waals surface area contributed by atoms with E-state index < -0.39 is 0 Å². The number of nitrogens with one attached hydrogen (secondary N) is 1. The zero-order chi connectivity index (χ0) is 18.2. The van der Waals surface area contributed by atoms with E-state index in [2.05, 4.69) is 34.7 Å². The Bertz CT molecular complexity index is 845. The highest BCUT2D eigenvalue weighted by Crippen LogP contribution is 2.18. The lowest BCUT2D eigenvalue weighted by Crippen LogP contribution is -2.17. The van der Waals surface area contributed by atoms with Crippen molar-refractivity contribution in [1.29, 1.82) is 5.26 Å². The zero-order valence-electron chi connectivity index (χ0n) is 14.9. The molecule has 8 heteroatoms. The van der Waals surface area contributed by atoms with Crippen molar-refractivity contribution in [2.24, 2.45) is 0 Å². The van der Waals surface area contributed by atoms with Gasteiger partial charge in [-0.15, -0.1) is 0 Å². The first-order chi connectivity index (χ1) is 12.2. The van der Waals surface area contributed by atoms with Crippen molar-refractivity contribution < 1.29 is 0 Å². The van der Waals surface area contributed by atoms with Crippen LogP contribution in [0.2, 0.25) is 0 Å². The second-order valence-corrected chi connectivity index (χ2v) is 5.32. The maximum atomic E-state index is 8.73. The number of hydrogen-bond acceptors (Lipinski definition) is 7. The number of pyridine rings is 1. The Morgan fingerprint density at radius 3 is 2.48 bits per heavy atom. The maximum absolute atomic E-state index is 8.73. The maximum Gasteiger partial charge on any atom is 0.158 e. The molecule has 0 radical (unpaired) electrons. The van der Waals surface area contributed by atoms with Crippen molar-refractivity contribution in [2.75, 3.05) is 26.0 Å². The number of nitriles is 1. The number of anilines is 2. The summed E-state index contributed by atoms with van der Waals surface area (Å²) in [7, 11) is 4.08. The van der Waals surface area contributed by atoms with Crippen molar-refractivity contribution in [2.45, 2.75) is 20.4 Å². The van der Waals surface area contributed by atoms with Crippen LogP contribution in [0.4, 0.5) is 11.6 Å². The smallest absolute Gasteiger partial charge is 0.158 e. The van der Waals surface area contributed by atoms with Crippen LogP contribution >= 0.6 is 0 Å². The summed E-state index contributed by atoms with van der Waals surface area (Å²) in [5.41, 5.74) is 2.13. The first kappa shape index (κ1) is 18.3. The van der Waals surface area contributed by atoms with Crippen molar-refractivity contribution in [3.05, 3.63) is 36.7 Å². The van der Waals surface area contributed by atoms with Gasteiger partial charge in [-0.3, -0.25) is 0 Å². The SMILES string of the molecule is CC.CN(C)CCn1cnc2cnc(Nc3cnc(C#N)cn3)cc21. The molecule has 3 rings (SSSR count). The van der Waals surface area contributed by atoms with E-state index in [1.54, 1.807) is 6.20 Å². The molecule has 130 valence electrons. The molecule has 0 atom stereocenters. The third kappa shape index (κ3) is 4.71. The highest BCUT2D eigenvalue weighted by atomic mass is 15.1. The van der Waals surface area contributed by atoms with Crippen LogP contribution in [0.15, 0.2) is 31.0 Å². The lowest BCUT2D eigenvalue weighted by atomic mass is 10.3. The fourth-order valence-corrected chi connectivity index (χ4v) is 2.10. The Morgan fingerprint density at radius 2 is 1.84 bits per heavy atom. The zero-order valence-corrected chi connectivity index (χ0v) is 14.9. The van der Waals surface area contributed by atoms with Gasteiger partial charge in [0.15, 0.2) is 5.69 Å². The minimum atomic E-state index is 0.278. The summed E-state index contributed by atoms with van der Waals surface area (Å²) >= 11 is 0. The van der Waals surface area contributed by atoms with Gasteiger partial charge in [-0.2, -0.15) is 5.26 Å². The molecule has 25 heavy (non-hydrogen) atoms. The highest BCUT2D eigenvalue weighted by molar-refractivity contribution is 5.78. The number of nitrogens with zero attached hydrogens (tertiary/aromatic N) is 7. The molecule has 0 saturated carbocycles. The molecule has 8 nitrogen and oxygen atoms in total. The number of imidazole rings is 1. The number of rotatable bonds is 5. The fourth-order valence-electron chi connectivity index (χ4n) is 2.10. The summed E-state index contributed by atoms with van der Waals surface area (Å²) in [5, 5.41) is 11.8. The molecule has 0 aliphatic carbocycles. The van der Waals surface area contributed by atoms with E-state index >= 15 is 0 Å². The monoisotopic (exact) mass is 338 g/mol. The van der Waals surface area contributed by atoms with Gasteiger partial charge in [-0.05, 0) is 14.1 Å². The molecule has 0 saturated heterocycles. The third-order valence-corrected chi connectivity index (χ3v) is 3.32. The Balaban J connectivity index is 0.00000109. The predicted molar refractivity (Wildman–Crippen MR) is 97.5 cm³/mol. The Morgan fingerprint density at radius 1 is 1.08 bits per heavy atom. The van der Waals surface area contributed by atoms with Gasteiger partial charge in [0.2, 0.25) is 0 Å². The summed E-state index contributed by atoms with van der Waals surface area (Å²) in [6, 6.07) is 3.87. The fraction of sp³-hybridized carbons (Fsp3) is 0.353. The van der Waals surface area contributed by atoms with Gasteiger partial charge in [-0.1, -0.05) is 13.8 Å². The lowest BCUT2D eigenvalue weighted by molar-refractivity contribution is 0.386. The summed E-state index contributed by atoms with van der Waals surface area (Å²) in [5.74, 6) is 1.19. The first-order valence-electron chi connectivity index (χ1n) is 8.10.